The molecule has 0 spiro atoms. The Balaban J connectivity index is 1.71. The number of rotatable bonds is 2. The van der Waals surface area contributed by atoms with Gasteiger partial charge in [0, 0.05) is 13.1 Å². The normalized spacial score (nSPS) is 14.5. The highest BCUT2D eigenvalue weighted by molar-refractivity contribution is 5.88. The molecule has 0 fully saturated rings. The van der Waals surface area contributed by atoms with Gasteiger partial charge >= 0.3 is 5.97 Å². The van der Waals surface area contributed by atoms with Gasteiger partial charge in [0.1, 0.15) is 5.82 Å². The van der Waals surface area contributed by atoms with E-state index in [-0.39, 0.29) is 0 Å². The molecule has 0 bridgehead atoms. The van der Waals surface area contributed by atoms with Gasteiger partial charge in [0.15, 0.2) is 11.5 Å². The number of benzene rings is 1. The van der Waals surface area contributed by atoms with Gasteiger partial charge in [-0.1, -0.05) is 6.07 Å². The number of aromatic carboxylic acids is 1. The van der Waals surface area contributed by atoms with Gasteiger partial charge < -0.3 is 10.0 Å². The molecular formula is C17H17N5O2. The number of carboxylic acid groups (broad SMARTS) is 1. The Labute approximate surface area is 138 Å². The van der Waals surface area contributed by atoms with Crippen molar-refractivity contribution in [3.05, 3.63) is 52.8 Å². The van der Waals surface area contributed by atoms with E-state index in [1.54, 1.807) is 16.6 Å². The highest BCUT2D eigenvalue weighted by Crippen LogP contribution is 2.24. The zero-order valence-electron chi connectivity index (χ0n) is 13.3. The number of nitrogens with zero attached hydrogens (tertiary/aromatic N) is 5. The Morgan fingerprint density at radius 3 is 2.88 bits per heavy atom. The van der Waals surface area contributed by atoms with E-state index >= 15 is 0 Å². The number of hydrogen-bond acceptors (Lipinski definition) is 5. The van der Waals surface area contributed by atoms with Crippen LogP contribution in [0.4, 0.5) is 5.82 Å². The van der Waals surface area contributed by atoms with Crippen LogP contribution in [0.25, 0.3) is 5.65 Å². The van der Waals surface area contributed by atoms with Crippen molar-refractivity contribution in [2.75, 3.05) is 11.4 Å². The molecule has 0 atom stereocenters. The van der Waals surface area contributed by atoms with Crippen molar-refractivity contribution >= 4 is 17.4 Å². The van der Waals surface area contributed by atoms with E-state index in [0.717, 1.165) is 42.2 Å². The molecule has 0 radical (unpaired) electrons. The molecule has 3 aromatic rings. The summed E-state index contributed by atoms with van der Waals surface area (Å²) in [4.78, 5) is 13.4. The molecule has 0 saturated heterocycles. The maximum Gasteiger partial charge on any atom is 0.335 e. The average Bonchev–Trinajstić information content (AvgIpc) is 2.82. The van der Waals surface area contributed by atoms with Crippen LogP contribution < -0.4 is 4.90 Å². The van der Waals surface area contributed by atoms with E-state index in [2.05, 4.69) is 20.2 Å². The van der Waals surface area contributed by atoms with Crippen molar-refractivity contribution in [2.45, 2.75) is 26.3 Å². The van der Waals surface area contributed by atoms with Crippen LogP contribution >= 0.6 is 0 Å². The van der Waals surface area contributed by atoms with Gasteiger partial charge in [0.2, 0.25) is 0 Å². The number of anilines is 1. The first-order valence-electron chi connectivity index (χ1n) is 7.91. The van der Waals surface area contributed by atoms with Crippen molar-refractivity contribution in [1.82, 2.24) is 19.8 Å². The van der Waals surface area contributed by atoms with Crippen molar-refractivity contribution < 1.29 is 9.90 Å². The first-order chi connectivity index (χ1) is 11.6. The predicted molar refractivity (Wildman–Crippen MR) is 88.3 cm³/mol. The van der Waals surface area contributed by atoms with Crippen molar-refractivity contribution in [3.63, 3.8) is 0 Å². The summed E-state index contributed by atoms with van der Waals surface area (Å²) in [7, 11) is 0. The fourth-order valence-corrected chi connectivity index (χ4v) is 3.15. The van der Waals surface area contributed by atoms with Gasteiger partial charge in [0.25, 0.3) is 0 Å². The fourth-order valence-electron chi connectivity index (χ4n) is 3.15. The summed E-state index contributed by atoms with van der Waals surface area (Å²) in [6.45, 7) is 3.39. The highest BCUT2D eigenvalue weighted by atomic mass is 16.4. The van der Waals surface area contributed by atoms with E-state index in [4.69, 9.17) is 0 Å². The summed E-state index contributed by atoms with van der Waals surface area (Å²) in [6.07, 6.45) is 1.94. The van der Waals surface area contributed by atoms with Crippen LogP contribution in [-0.2, 0) is 13.0 Å². The molecule has 3 heterocycles. The lowest BCUT2D eigenvalue weighted by Crippen LogP contribution is -2.24. The second-order valence-electron chi connectivity index (χ2n) is 6.02. The summed E-state index contributed by atoms with van der Waals surface area (Å²) in [5.41, 5.74) is 3.31. The zero-order chi connectivity index (χ0) is 16.7. The molecule has 1 aromatic carbocycles. The van der Waals surface area contributed by atoms with E-state index in [1.807, 2.05) is 25.1 Å². The van der Waals surface area contributed by atoms with Gasteiger partial charge in [0.05, 0.1) is 5.56 Å². The molecule has 1 aliphatic heterocycles. The Kier molecular flexibility index (Phi) is 3.41. The lowest BCUT2D eigenvalue weighted by Gasteiger charge is -2.22. The molecule has 0 amide bonds. The number of fused-ring (bicyclic) bond motifs is 2. The minimum Gasteiger partial charge on any atom is -0.478 e. The first kappa shape index (κ1) is 14.6. The molecule has 0 aliphatic carbocycles. The van der Waals surface area contributed by atoms with Crippen LogP contribution in [0.1, 0.15) is 33.7 Å². The lowest BCUT2D eigenvalue weighted by atomic mass is 10.0. The zero-order valence-corrected chi connectivity index (χ0v) is 13.3. The lowest BCUT2D eigenvalue weighted by molar-refractivity contribution is 0.0696. The summed E-state index contributed by atoms with van der Waals surface area (Å²) >= 11 is 0. The summed E-state index contributed by atoms with van der Waals surface area (Å²) < 4.78 is 1.73. The SMILES string of the molecule is Cc1nnc2ccc(N3CCCc4ccc(C(=O)O)cc4C3)nn12. The van der Waals surface area contributed by atoms with Crippen LogP contribution in [0.15, 0.2) is 30.3 Å². The summed E-state index contributed by atoms with van der Waals surface area (Å²) in [5.74, 6) is 0.697. The minimum absolute atomic E-state index is 0.327. The van der Waals surface area contributed by atoms with Crippen LogP contribution in [0, 0.1) is 6.92 Å². The number of aryl methyl sites for hydroxylation is 2. The van der Waals surface area contributed by atoms with Gasteiger partial charge in [-0.25, -0.2) is 4.79 Å². The molecule has 7 nitrogen and oxygen atoms in total. The highest BCUT2D eigenvalue weighted by Gasteiger charge is 2.18. The molecule has 24 heavy (non-hydrogen) atoms. The molecule has 122 valence electrons. The molecule has 0 saturated carbocycles. The number of carboxylic acids is 1. The van der Waals surface area contributed by atoms with Crippen LogP contribution in [0.3, 0.4) is 0 Å². The third kappa shape index (κ3) is 2.47. The predicted octanol–water partition coefficient (Wildman–Crippen LogP) is 2.08. The smallest absolute Gasteiger partial charge is 0.335 e. The summed E-state index contributed by atoms with van der Waals surface area (Å²) in [5, 5.41) is 21.9. The topological polar surface area (TPSA) is 83.6 Å². The Morgan fingerprint density at radius 1 is 1.17 bits per heavy atom. The largest absolute Gasteiger partial charge is 0.478 e. The van der Waals surface area contributed by atoms with Crippen LogP contribution in [0.5, 0.6) is 0 Å². The molecule has 7 heteroatoms. The van der Waals surface area contributed by atoms with E-state index in [1.165, 1.54) is 5.56 Å². The number of aromatic nitrogens is 4. The molecular weight excluding hydrogens is 306 g/mol. The average molecular weight is 323 g/mol. The Bertz CT molecular complexity index is 934. The van der Waals surface area contributed by atoms with Crippen LogP contribution in [0.2, 0.25) is 0 Å². The molecule has 1 N–H and O–H groups in total. The molecule has 2 aromatic heterocycles. The third-order valence-electron chi connectivity index (χ3n) is 4.42. The number of carbonyl (C=O) groups is 1. The minimum atomic E-state index is -0.895. The van der Waals surface area contributed by atoms with E-state index in [0.29, 0.717) is 12.1 Å². The van der Waals surface area contributed by atoms with Crippen molar-refractivity contribution in [2.24, 2.45) is 0 Å². The number of hydrogen-bond donors (Lipinski definition) is 1. The third-order valence-corrected chi connectivity index (χ3v) is 4.42. The fraction of sp³-hybridized carbons (Fsp3) is 0.294. The van der Waals surface area contributed by atoms with Gasteiger partial charge in [-0.3, -0.25) is 0 Å². The van der Waals surface area contributed by atoms with E-state index < -0.39 is 5.97 Å². The Morgan fingerprint density at radius 2 is 2.04 bits per heavy atom. The molecule has 1 aliphatic rings. The van der Waals surface area contributed by atoms with Crippen molar-refractivity contribution in [1.29, 1.82) is 0 Å². The van der Waals surface area contributed by atoms with Gasteiger partial charge in [-0.15, -0.1) is 15.3 Å². The van der Waals surface area contributed by atoms with Crippen LogP contribution in [-0.4, -0.2) is 37.4 Å². The quantitative estimate of drug-likeness (QED) is 0.777. The summed E-state index contributed by atoms with van der Waals surface area (Å²) in [6, 6.07) is 9.24. The maximum absolute atomic E-state index is 11.2. The van der Waals surface area contributed by atoms with Gasteiger partial charge in [-0.05, 0) is 55.2 Å². The molecule has 0 unspecified atom stereocenters. The Hall–Kier alpha value is -2.96. The maximum atomic E-state index is 11.2. The second kappa shape index (κ2) is 5.59. The van der Waals surface area contributed by atoms with Gasteiger partial charge in [-0.2, -0.15) is 4.52 Å². The first-order valence-corrected chi connectivity index (χ1v) is 7.91. The van der Waals surface area contributed by atoms with E-state index in [9.17, 15) is 9.90 Å². The monoisotopic (exact) mass is 323 g/mol. The van der Waals surface area contributed by atoms with Crippen molar-refractivity contribution in [3.8, 4) is 0 Å². The second-order valence-corrected chi connectivity index (χ2v) is 6.02. The molecule has 4 rings (SSSR count). The standard InChI is InChI=1S/C17H17N5O2/c1-11-18-19-15-6-7-16(20-22(11)15)21-8-2-3-12-4-5-13(17(23)24)9-14(12)10-21/h4-7,9H,2-3,8,10H2,1H3,(H,23,24).